The maximum atomic E-state index is 12.4. The number of nitrogens with one attached hydrogen (secondary N) is 1. The predicted molar refractivity (Wildman–Crippen MR) is 74.0 cm³/mol. The second-order valence-corrected chi connectivity index (χ2v) is 4.50. The van der Waals surface area contributed by atoms with Crippen LogP contribution in [0.15, 0.2) is 30.3 Å². The van der Waals surface area contributed by atoms with Crippen molar-refractivity contribution in [2.75, 3.05) is 33.3 Å². The number of hydrogen-bond acceptors (Lipinski definition) is 4. The number of carbonyl (C=O) groups is 1. The number of rotatable bonds is 1. The predicted octanol–water partition coefficient (Wildman–Crippen LogP) is 0.0743. The molecule has 0 aromatic heterocycles. The van der Waals surface area contributed by atoms with Gasteiger partial charge in [0.25, 0.3) is 5.91 Å². The number of nitrogens with zero attached hydrogens (tertiary/aromatic N) is 1. The lowest BCUT2D eigenvalue weighted by Crippen LogP contribution is -2.53. The third-order valence-corrected chi connectivity index (χ3v) is 3.47. The lowest BCUT2D eigenvalue weighted by Gasteiger charge is -2.37. The van der Waals surface area contributed by atoms with E-state index >= 15 is 0 Å². The Hall–Kier alpha value is -1.43. The Morgan fingerprint density at radius 1 is 1.32 bits per heavy atom. The van der Waals surface area contributed by atoms with Crippen molar-refractivity contribution < 1.29 is 9.53 Å². The van der Waals surface area contributed by atoms with Gasteiger partial charge in [-0.25, -0.2) is 0 Å². The molecule has 5 nitrogen and oxygen atoms in total. The molecule has 2 saturated heterocycles. The van der Waals surface area contributed by atoms with E-state index in [0.717, 1.165) is 18.7 Å². The van der Waals surface area contributed by atoms with Gasteiger partial charge in [0.2, 0.25) is 0 Å². The molecule has 1 unspecified atom stereocenters. The van der Waals surface area contributed by atoms with Gasteiger partial charge in [-0.05, 0) is 19.2 Å². The molecule has 2 heterocycles. The first-order chi connectivity index (χ1) is 9.36. The monoisotopic (exact) mass is 263 g/mol. The summed E-state index contributed by atoms with van der Waals surface area (Å²) < 4.78 is 5.66. The van der Waals surface area contributed by atoms with Crippen LogP contribution in [0.1, 0.15) is 10.4 Å². The van der Waals surface area contributed by atoms with Crippen LogP contribution in [0.3, 0.4) is 0 Å². The van der Waals surface area contributed by atoms with E-state index in [9.17, 15) is 4.79 Å². The lowest BCUT2D eigenvalue weighted by atomic mass is 10.1. The van der Waals surface area contributed by atoms with Gasteiger partial charge in [0.15, 0.2) is 0 Å². The molecule has 2 atom stereocenters. The Morgan fingerprint density at radius 2 is 2.05 bits per heavy atom. The van der Waals surface area contributed by atoms with E-state index in [1.807, 2.05) is 35.2 Å². The molecule has 5 heteroatoms. The maximum absolute atomic E-state index is 12.4. The van der Waals surface area contributed by atoms with E-state index in [-0.39, 0.29) is 18.1 Å². The molecule has 19 heavy (non-hydrogen) atoms. The minimum atomic E-state index is 0.118. The third kappa shape index (κ3) is 2.94. The Kier molecular flexibility index (Phi) is 4.90. The van der Waals surface area contributed by atoms with Gasteiger partial charge in [0, 0.05) is 25.2 Å². The van der Waals surface area contributed by atoms with E-state index in [2.05, 4.69) is 11.1 Å². The van der Waals surface area contributed by atoms with Crippen molar-refractivity contribution in [3.05, 3.63) is 35.9 Å². The highest BCUT2D eigenvalue weighted by molar-refractivity contribution is 5.94. The van der Waals surface area contributed by atoms with Crippen molar-refractivity contribution in [1.29, 1.82) is 0 Å². The fourth-order valence-corrected chi connectivity index (χ4v) is 2.59. The smallest absolute Gasteiger partial charge is 0.254 e. The number of nitrogens with two attached hydrogens (primary N) is 1. The molecule has 104 valence electrons. The maximum Gasteiger partial charge on any atom is 0.254 e. The quantitative estimate of drug-likeness (QED) is 0.752. The fraction of sp³-hybridized carbons (Fsp3) is 0.500. The van der Waals surface area contributed by atoms with Gasteiger partial charge >= 0.3 is 0 Å². The molecule has 2 fully saturated rings. The number of carbonyl (C=O) groups excluding carboxylic acids is 1. The van der Waals surface area contributed by atoms with E-state index in [0.29, 0.717) is 13.2 Å². The molecule has 2 aliphatic rings. The van der Waals surface area contributed by atoms with E-state index in [1.165, 1.54) is 7.05 Å². The van der Waals surface area contributed by atoms with Crippen molar-refractivity contribution in [3.63, 3.8) is 0 Å². The number of fused-ring (bicyclic) bond motifs is 1. The van der Waals surface area contributed by atoms with Crippen LogP contribution in [0.5, 0.6) is 0 Å². The number of benzene rings is 1. The summed E-state index contributed by atoms with van der Waals surface area (Å²) in [7, 11) is 1.50. The van der Waals surface area contributed by atoms with E-state index < -0.39 is 0 Å². The van der Waals surface area contributed by atoms with Gasteiger partial charge in [-0.2, -0.15) is 0 Å². The minimum Gasteiger partial charge on any atom is -0.373 e. The van der Waals surface area contributed by atoms with E-state index in [4.69, 9.17) is 4.74 Å². The average molecular weight is 263 g/mol. The molecule has 1 aromatic rings. The largest absolute Gasteiger partial charge is 0.373 e. The molecule has 2 aliphatic heterocycles. The van der Waals surface area contributed by atoms with Gasteiger partial charge in [-0.15, -0.1) is 0 Å². The van der Waals surface area contributed by atoms with Gasteiger partial charge in [-0.3, -0.25) is 4.79 Å². The van der Waals surface area contributed by atoms with Crippen molar-refractivity contribution in [2.24, 2.45) is 5.73 Å². The molecular formula is C14H21N3O2. The van der Waals surface area contributed by atoms with Gasteiger partial charge in [0.1, 0.15) is 0 Å². The van der Waals surface area contributed by atoms with Crippen molar-refractivity contribution in [2.45, 2.75) is 12.1 Å². The molecule has 1 amide bonds. The zero-order valence-electron chi connectivity index (χ0n) is 11.2. The van der Waals surface area contributed by atoms with Crippen LogP contribution in [0, 0.1) is 0 Å². The summed E-state index contributed by atoms with van der Waals surface area (Å²) in [5.41, 5.74) is 5.26. The Morgan fingerprint density at radius 3 is 2.79 bits per heavy atom. The van der Waals surface area contributed by atoms with Crippen LogP contribution in [0.25, 0.3) is 0 Å². The van der Waals surface area contributed by atoms with Gasteiger partial charge in [-0.1, -0.05) is 18.2 Å². The van der Waals surface area contributed by atoms with E-state index in [1.54, 1.807) is 0 Å². The zero-order valence-corrected chi connectivity index (χ0v) is 11.2. The fourth-order valence-electron chi connectivity index (χ4n) is 2.59. The topological polar surface area (TPSA) is 67.6 Å². The highest BCUT2D eigenvalue weighted by Gasteiger charge is 2.38. The molecule has 1 aromatic carbocycles. The first-order valence-electron chi connectivity index (χ1n) is 6.62. The first-order valence-corrected chi connectivity index (χ1v) is 6.62. The van der Waals surface area contributed by atoms with Crippen LogP contribution in [-0.2, 0) is 4.74 Å². The molecular weight excluding hydrogens is 242 g/mol. The van der Waals surface area contributed by atoms with Gasteiger partial charge < -0.3 is 20.7 Å². The Bertz CT molecular complexity index is 410. The molecule has 3 N–H and O–H groups in total. The van der Waals surface area contributed by atoms with Crippen LogP contribution in [0.2, 0.25) is 0 Å². The zero-order chi connectivity index (χ0) is 13.7. The molecule has 0 saturated carbocycles. The van der Waals surface area contributed by atoms with Crippen molar-refractivity contribution in [1.82, 2.24) is 10.2 Å². The molecule has 0 aliphatic carbocycles. The van der Waals surface area contributed by atoms with Crippen LogP contribution in [0.4, 0.5) is 0 Å². The number of hydrogen-bond donors (Lipinski definition) is 2. The summed E-state index contributed by atoms with van der Waals surface area (Å²) in [6.07, 6.45) is 0.163. The van der Waals surface area contributed by atoms with Gasteiger partial charge in [0.05, 0.1) is 18.8 Å². The Labute approximate surface area is 113 Å². The number of amides is 1. The standard InChI is InChI=1S/C13H16N2O2.CH5N/c16-13(10-4-2-1-3-5-10)15-6-7-17-12-9-14-8-11(12)15;1-2/h1-5,11-12,14H,6-9H2;2H2,1H3/t11-,12?;/m1./s1. The summed E-state index contributed by atoms with van der Waals surface area (Å²) >= 11 is 0. The van der Waals surface area contributed by atoms with Crippen molar-refractivity contribution in [3.8, 4) is 0 Å². The second-order valence-electron chi connectivity index (χ2n) is 4.50. The first kappa shape index (κ1) is 14.0. The SMILES string of the molecule is CN.O=C(c1ccccc1)N1CCOC2CNC[C@H]21. The normalized spacial score (nSPS) is 25.3. The van der Waals surface area contributed by atoms with Crippen LogP contribution in [-0.4, -0.2) is 56.2 Å². The summed E-state index contributed by atoms with van der Waals surface area (Å²) in [5.74, 6) is 0.118. The highest BCUT2D eigenvalue weighted by Crippen LogP contribution is 2.19. The molecule has 0 spiro atoms. The van der Waals surface area contributed by atoms with Crippen LogP contribution >= 0.6 is 0 Å². The lowest BCUT2D eigenvalue weighted by molar-refractivity contribution is -0.0364. The summed E-state index contributed by atoms with van der Waals surface area (Å²) in [4.78, 5) is 14.3. The summed E-state index contributed by atoms with van der Waals surface area (Å²) in [6.45, 7) is 3.02. The number of ether oxygens (including phenoxy) is 1. The summed E-state index contributed by atoms with van der Waals surface area (Å²) in [6, 6.07) is 9.66. The third-order valence-electron chi connectivity index (χ3n) is 3.47. The second kappa shape index (κ2) is 6.65. The average Bonchev–Trinajstić information content (AvgIpc) is 2.98. The van der Waals surface area contributed by atoms with Crippen LogP contribution < -0.4 is 11.1 Å². The highest BCUT2D eigenvalue weighted by atomic mass is 16.5. The number of morpholine rings is 1. The minimum absolute atomic E-state index is 0.118. The van der Waals surface area contributed by atoms with Crippen molar-refractivity contribution >= 4 is 5.91 Å². The molecule has 3 rings (SSSR count). The molecule has 0 bridgehead atoms. The Balaban J connectivity index is 0.000000637. The summed E-state index contributed by atoms with van der Waals surface area (Å²) in [5, 5.41) is 3.28. The molecule has 0 radical (unpaired) electrons.